The molecular weight excluding hydrogens is 214 g/mol. The van der Waals surface area contributed by atoms with Gasteiger partial charge in [0.15, 0.2) is 5.58 Å². The average Bonchev–Trinajstić information content (AvgIpc) is 2.56. The minimum Gasteiger partial charge on any atom is -0.481 e. The van der Waals surface area contributed by atoms with Gasteiger partial charge in [-0.25, -0.2) is 4.98 Å². The number of hydrogen-bond acceptors (Lipinski definition) is 4. The summed E-state index contributed by atoms with van der Waals surface area (Å²) in [6.45, 7) is 1.96. The number of hydrogen-bond donors (Lipinski definition) is 1. The fourth-order valence-corrected chi connectivity index (χ4v) is 1.75. The molecule has 0 fully saturated rings. The van der Waals surface area contributed by atoms with Crippen molar-refractivity contribution in [2.75, 3.05) is 5.75 Å². The standard InChI is InChI=1S/C10H9NO3S/c1-6-2-3-7-8(4-6)14-10(11-7)15-5-9(12)13/h2-4H,5H2,1H3,(H,12,13). The first-order valence-corrected chi connectivity index (χ1v) is 5.35. The van der Waals surface area contributed by atoms with Crippen molar-refractivity contribution in [3.8, 4) is 0 Å². The van der Waals surface area contributed by atoms with Gasteiger partial charge < -0.3 is 9.52 Å². The Morgan fingerprint density at radius 2 is 2.40 bits per heavy atom. The normalized spacial score (nSPS) is 10.7. The fourth-order valence-electron chi connectivity index (χ4n) is 1.20. The predicted octanol–water partition coefficient (Wildman–Crippen LogP) is 2.31. The Labute approximate surface area is 90.3 Å². The molecule has 0 amide bonds. The van der Waals surface area contributed by atoms with Gasteiger partial charge in [-0.2, -0.15) is 0 Å². The first-order chi connectivity index (χ1) is 7.15. The number of nitrogens with zero attached hydrogens (tertiary/aromatic N) is 1. The minimum absolute atomic E-state index is 0.0359. The largest absolute Gasteiger partial charge is 0.481 e. The average molecular weight is 223 g/mol. The van der Waals surface area contributed by atoms with E-state index in [1.807, 2.05) is 25.1 Å². The first-order valence-electron chi connectivity index (χ1n) is 4.37. The molecule has 15 heavy (non-hydrogen) atoms. The van der Waals surface area contributed by atoms with Crippen LogP contribution in [0.25, 0.3) is 11.1 Å². The number of oxazole rings is 1. The smallest absolute Gasteiger partial charge is 0.314 e. The summed E-state index contributed by atoms with van der Waals surface area (Å²) in [7, 11) is 0. The quantitative estimate of drug-likeness (QED) is 0.809. The number of benzene rings is 1. The van der Waals surface area contributed by atoms with Gasteiger partial charge in [-0.05, 0) is 24.6 Å². The van der Waals surface area contributed by atoms with Crippen LogP contribution in [0.3, 0.4) is 0 Å². The Kier molecular flexibility index (Phi) is 2.64. The highest BCUT2D eigenvalue weighted by Gasteiger charge is 2.08. The Balaban J connectivity index is 2.27. The third-order valence-corrected chi connectivity index (χ3v) is 2.66. The van der Waals surface area contributed by atoms with E-state index in [4.69, 9.17) is 9.52 Å². The van der Waals surface area contributed by atoms with Crippen molar-refractivity contribution in [1.29, 1.82) is 0 Å². The molecule has 0 spiro atoms. The molecule has 0 atom stereocenters. The van der Waals surface area contributed by atoms with E-state index in [0.29, 0.717) is 10.8 Å². The molecule has 1 aromatic carbocycles. The van der Waals surface area contributed by atoms with Crippen molar-refractivity contribution in [1.82, 2.24) is 4.98 Å². The second kappa shape index (κ2) is 3.94. The van der Waals surface area contributed by atoms with Crippen LogP contribution in [0.5, 0.6) is 0 Å². The van der Waals surface area contributed by atoms with Crippen molar-refractivity contribution < 1.29 is 14.3 Å². The lowest BCUT2D eigenvalue weighted by molar-refractivity contribution is -0.133. The predicted molar refractivity (Wildman–Crippen MR) is 57.1 cm³/mol. The number of aromatic nitrogens is 1. The van der Waals surface area contributed by atoms with Crippen molar-refractivity contribution in [3.05, 3.63) is 23.8 Å². The molecule has 0 aliphatic rings. The number of thioether (sulfide) groups is 1. The maximum Gasteiger partial charge on any atom is 0.314 e. The lowest BCUT2D eigenvalue weighted by atomic mass is 10.2. The summed E-state index contributed by atoms with van der Waals surface area (Å²) >= 11 is 1.08. The van der Waals surface area contributed by atoms with Gasteiger partial charge in [-0.15, -0.1) is 0 Å². The monoisotopic (exact) mass is 223 g/mol. The highest BCUT2D eigenvalue weighted by molar-refractivity contribution is 7.99. The number of carbonyl (C=O) groups is 1. The van der Waals surface area contributed by atoms with Crippen LogP contribution in [0, 0.1) is 6.92 Å². The molecule has 0 aliphatic carbocycles. The molecule has 2 rings (SSSR count). The van der Waals surface area contributed by atoms with Crippen LogP contribution in [0.15, 0.2) is 27.8 Å². The van der Waals surface area contributed by atoms with Gasteiger partial charge >= 0.3 is 5.97 Å². The Morgan fingerprint density at radius 3 is 3.13 bits per heavy atom. The summed E-state index contributed by atoms with van der Waals surface area (Å²) in [5.41, 5.74) is 2.55. The second-order valence-corrected chi connectivity index (χ2v) is 4.06. The van der Waals surface area contributed by atoms with E-state index in [2.05, 4.69) is 4.98 Å². The van der Waals surface area contributed by atoms with E-state index in [-0.39, 0.29) is 5.75 Å². The summed E-state index contributed by atoms with van der Waals surface area (Å²) in [5.74, 6) is -0.912. The van der Waals surface area contributed by atoms with Crippen LogP contribution in [-0.2, 0) is 4.79 Å². The number of aliphatic carboxylic acids is 1. The molecule has 0 unspecified atom stereocenters. The van der Waals surface area contributed by atoms with Crippen LogP contribution >= 0.6 is 11.8 Å². The lowest BCUT2D eigenvalue weighted by Gasteiger charge is -1.89. The Hall–Kier alpha value is -1.49. The summed E-state index contributed by atoms with van der Waals surface area (Å²) in [6, 6.07) is 5.68. The SMILES string of the molecule is Cc1ccc2nc(SCC(=O)O)oc2c1. The molecule has 0 radical (unpaired) electrons. The summed E-state index contributed by atoms with van der Waals surface area (Å²) in [5, 5.41) is 8.90. The molecule has 1 heterocycles. The second-order valence-electron chi connectivity index (χ2n) is 3.13. The zero-order valence-corrected chi connectivity index (χ0v) is 8.87. The summed E-state index contributed by atoms with van der Waals surface area (Å²) < 4.78 is 5.39. The lowest BCUT2D eigenvalue weighted by Crippen LogP contribution is -1.97. The molecular formula is C10H9NO3S. The molecule has 0 aliphatic heterocycles. The van der Waals surface area contributed by atoms with Crippen LogP contribution < -0.4 is 0 Å². The molecule has 4 nitrogen and oxygen atoms in total. The third kappa shape index (κ3) is 2.30. The zero-order chi connectivity index (χ0) is 10.8. The Morgan fingerprint density at radius 1 is 1.60 bits per heavy atom. The summed E-state index contributed by atoms with van der Waals surface area (Å²) in [6.07, 6.45) is 0. The van der Waals surface area contributed by atoms with Crippen LogP contribution in [-0.4, -0.2) is 21.8 Å². The maximum absolute atomic E-state index is 10.4. The van der Waals surface area contributed by atoms with E-state index < -0.39 is 5.97 Å². The molecule has 0 saturated heterocycles. The molecule has 78 valence electrons. The third-order valence-electron chi connectivity index (χ3n) is 1.84. The topological polar surface area (TPSA) is 63.3 Å². The molecule has 0 bridgehead atoms. The van der Waals surface area contributed by atoms with Gasteiger partial charge in [0.1, 0.15) is 11.3 Å². The fraction of sp³-hybridized carbons (Fsp3) is 0.200. The highest BCUT2D eigenvalue weighted by Crippen LogP contribution is 2.23. The van der Waals surface area contributed by atoms with Crippen LogP contribution in [0.2, 0.25) is 0 Å². The number of fused-ring (bicyclic) bond motifs is 1. The maximum atomic E-state index is 10.4. The minimum atomic E-state index is -0.876. The van der Waals surface area contributed by atoms with Gasteiger partial charge in [-0.1, -0.05) is 17.8 Å². The van der Waals surface area contributed by atoms with Crippen LogP contribution in [0.1, 0.15) is 5.56 Å². The highest BCUT2D eigenvalue weighted by atomic mass is 32.2. The van der Waals surface area contributed by atoms with E-state index in [9.17, 15) is 4.79 Å². The van der Waals surface area contributed by atoms with Gasteiger partial charge in [0, 0.05) is 0 Å². The number of carboxylic acid groups (broad SMARTS) is 1. The zero-order valence-electron chi connectivity index (χ0n) is 8.06. The number of rotatable bonds is 3. The van der Waals surface area contributed by atoms with E-state index in [0.717, 1.165) is 22.8 Å². The Bertz CT molecular complexity index is 506. The molecule has 5 heteroatoms. The van der Waals surface area contributed by atoms with Gasteiger partial charge in [0.05, 0.1) is 0 Å². The van der Waals surface area contributed by atoms with Gasteiger partial charge in [0.2, 0.25) is 0 Å². The van der Waals surface area contributed by atoms with E-state index >= 15 is 0 Å². The van der Waals surface area contributed by atoms with Gasteiger partial charge in [0.25, 0.3) is 5.22 Å². The van der Waals surface area contributed by atoms with Crippen molar-refractivity contribution in [2.24, 2.45) is 0 Å². The van der Waals surface area contributed by atoms with Crippen molar-refractivity contribution in [2.45, 2.75) is 12.1 Å². The van der Waals surface area contributed by atoms with E-state index in [1.54, 1.807) is 0 Å². The van der Waals surface area contributed by atoms with Crippen molar-refractivity contribution in [3.63, 3.8) is 0 Å². The van der Waals surface area contributed by atoms with Gasteiger partial charge in [-0.3, -0.25) is 4.79 Å². The van der Waals surface area contributed by atoms with E-state index in [1.165, 1.54) is 0 Å². The van der Waals surface area contributed by atoms with Crippen LogP contribution in [0.4, 0.5) is 0 Å². The molecule has 1 aromatic heterocycles. The molecule has 1 N–H and O–H groups in total. The molecule has 2 aromatic rings. The summed E-state index contributed by atoms with van der Waals surface area (Å²) in [4.78, 5) is 14.5. The van der Waals surface area contributed by atoms with Crippen molar-refractivity contribution >= 4 is 28.8 Å². The first kappa shape index (κ1) is 10.0. The number of carboxylic acids is 1. The molecule has 0 saturated carbocycles. The number of aryl methyl sites for hydroxylation is 1.